The molecule has 0 unspecified atom stereocenters. The molecule has 0 fully saturated rings. The molecule has 0 saturated heterocycles. The predicted molar refractivity (Wildman–Crippen MR) is 76.2 cm³/mol. The quantitative estimate of drug-likeness (QED) is 0.749. The summed E-state index contributed by atoms with van der Waals surface area (Å²) in [5, 5.41) is 4.41. The Bertz CT molecular complexity index is 707. The minimum atomic E-state index is 0.319. The maximum Gasteiger partial charge on any atom is 0.261 e. The van der Waals surface area contributed by atoms with Crippen molar-refractivity contribution in [2.24, 2.45) is 0 Å². The zero-order valence-corrected chi connectivity index (χ0v) is 11.2. The van der Waals surface area contributed by atoms with Crippen LogP contribution >= 0.6 is 11.6 Å². The van der Waals surface area contributed by atoms with Crippen LogP contribution in [0.5, 0.6) is 0 Å². The topological polar surface area (TPSA) is 77.8 Å². The third-order valence-electron chi connectivity index (χ3n) is 2.79. The third kappa shape index (κ3) is 2.48. The van der Waals surface area contributed by atoms with Crippen LogP contribution < -0.4 is 5.73 Å². The highest BCUT2D eigenvalue weighted by Gasteiger charge is 2.15. The second kappa shape index (κ2) is 5.30. The van der Waals surface area contributed by atoms with E-state index in [0.29, 0.717) is 34.4 Å². The molecule has 0 spiro atoms. The predicted octanol–water partition coefficient (Wildman–Crippen LogP) is 2.96. The largest absolute Gasteiger partial charge is 0.398 e. The highest BCUT2D eigenvalue weighted by molar-refractivity contribution is 6.33. The molecule has 0 amide bonds. The van der Waals surface area contributed by atoms with Crippen LogP contribution in [0.15, 0.2) is 47.1 Å². The Hall–Kier alpha value is -2.40. The first-order valence-corrected chi connectivity index (χ1v) is 6.38. The lowest BCUT2D eigenvalue weighted by Crippen LogP contribution is -1.94. The molecule has 0 atom stereocenters. The Labute approximate surface area is 120 Å². The highest BCUT2D eigenvalue weighted by Crippen LogP contribution is 2.31. The molecule has 0 bridgehead atoms. The number of pyridine rings is 1. The Kier molecular flexibility index (Phi) is 3.35. The molecule has 0 saturated carbocycles. The van der Waals surface area contributed by atoms with Crippen LogP contribution in [0.2, 0.25) is 5.02 Å². The molecular formula is C14H11ClN4O. The SMILES string of the molecule is Nc1cccc(Cl)c1-c1nc(Cc2ccccn2)no1. The van der Waals surface area contributed by atoms with E-state index in [1.54, 1.807) is 24.4 Å². The molecule has 0 radical (unpaired) electrons. The van der Waals surface area contributed by atoms with Gasteiger partial charge in [0.25, 0.3) is 5.89 Å². The monoisotopic (exact) mass is 286 g/mol. The van der Waals surface area contributed by atoms with E-state index in [0.717, 1.165) is 5.69 Å². The molecule has 0 aliphatic heterocycles. The summed E-state index contributed by atoms with van der Waals surface area (Å²) in [4.78, 5) is 8.53. The van der Waals surface area contributed by atoms with E-state index in [1.807, 2.05) is 18.2 Å². The van der Waals surface area contributed by atoms with Gasteiger partial charge < -0.3 is 10.3 Å². The van der Waals surface area contributed by atoms with Gasteiger partial charge >= 0.3 is 0 Å². The normalized spacial score (nSPS) is 10.7. The average molecular weight is 287 g/mol. The lowest BCUT2D eigenvalue weighted by molar-refractivity contribution is 0.424. The molecule has 2 heterocycles. The molecular weight excluding hydrogens is 276 g/mol. The molecule has 2 N–H and O–H groups in total. The standard InChI is InChI=1S/C14H11ClN4O/c15-10-5-3-6-11(16)13(10)14-18-12(19-20-14)8-9-4-1-2-7-17-9/h1-7H,8,16H2. The number of nitrogens with two attached hydrogens (primary N) is 1. The number of hydrogen-bond acceptors (Lipinski definition) is 5. The number of anilines is 1. The van der Waals surface area contributed by atoms with Gasteiger partial charge in [0, 0.05) is 17.6 Å². The molecule has 0 aliphatic carbocycles. The first-order valence-electron chi connectivity index (χ1n) is 6.01. The summed E-state index contributed by atoms with van der Waals surface area (Å²) < 4.78 is 5.23. The fraction of sp³-hybridized carbons (Fsp3) is 0.0714. The third-order valence-corrected chi connectivity index (χ3v) is 3.11. The lowest BCUT2D eigenvalue weighted by atomic mass is 10.2. The van der Waals surface area contributed by atoms with Crippen molar-refractivity contribution in [3.63, 3.8) is 0 Å². The molecule has 6 heteroatoms. The number of hydrogen-bond donors (Lipinski definition) is 1. The van der Waals surface area contributed by atoms with Crippen LogP contribution in [-0.4, -0.2) is 15.1 Å². The van der Waals surface area contributed by atoms with Gasteiger partial charge in [-0.3, -0.25) is 4.98 Å². The van der Waals surface area contributed by atoms with Gasteiger partial charge in [0.05, 0.1) is 17.0 Å². The van der Waals surface area contributed by atoms with Crippen molar-refractivity contribution in [3.8, 4) is 11.5 Å². The van der Waals surface area contributed by atoms with Gasteiger partial charge in [-0.1, -0.05) is 28.9 Å². The maximum atomic E-state index is 6.11. The number of aromatic nitrogens is 3. The van der Waals surface area contributed by atoms with Crippen molar-refractivity contribution in [2.45, 2.75) is 6.42 Å². The molecule has 3 aromatic rings. The van der Waals surface area contributed by atoms with Crippen LogP contribution in [0, 0.1) is 0 Å². The number of rotatable bonds is 3. The van der Waals surface area contributed by atoms with Crippen molar-refractivity contribution in [3.05, 3.63) is 59.1 Å². The van der Waals surface area contributed by atoms with Crippen molar-refractivity contribution in [1.82, 2.24) is 15.1 Å². The maximum absolute atomic E-state index is 6.11. The Balaban J connectivity index is 1.91. The average Bonchev–Trinajstić information content (AvgIpc) is 2.88. The lowest BCUT2D eigenvalue weighted by Gasteiger charge is -2.01. The van der Waals surface area contributed by atoms with Crippen LogP contribution in [0.3, 0.4) is 0 Å². The summed E-state index contributed by atoms with van der Waals surface area (Å²) in [7, 11) is 0. The van der Waals surface area contributed by atoms with Gasteiger partial charge in [-0.05, 0) is 24.3 Å². The Morgan fingerprint density at radius 1 is 1.15 bits per heavy atom. The van der Waals surface area contributed by atoms with Gasteiger partial charge in [0.1, 0.15) is 0 Å². The van der Waals surface area contributed by atoms with Crippen LogP contribution in [0.25, 0.3) is 11.5 Å². The van der Waals surface area contributed by atoms with E-state index in [2.05, 4.69) is 15.1 Å². The van der Waals surface area contributed by atoms with Gasteiger partial charge in [-0.15, -0.1) is 0 Å². The summed E-state index contributed by atoms with van der Waals surface area (Å²) >= 11 is 6.11. The fourth-order valence-corrected chi connectivity index (χ4v) is 2.12. The van der Waals surface area contributed by atoms with Crippen LogP contribution in [0.1, 0.15) is 11.5 Å². The van der Waals surface area contributed by atoms with E-state index in [-0.39, 0.29) is 0 Å². The van der Waals surface area contributed by atoms with Crippen LogP contribution in [-0.2, 0) is 6.42 Å². The summed E-state index contributed by atoms with van der Waals surface area (Å²) in [6.07, 6.45) is 2.22. The molecule has 2 aromatic heterocycles. The second-order valence-electron chi connectivity index (χ2n) is 4.22. The minimum absolute atomic E-state index is 0.319. The van der Waals surface area contributed by atoms with Gasteiger partial charge in [-0.2, -0.15) is 4.98 Å². The number of halogens is 1. The van der Waals surface area contributed by atoms with Crippen molar-refractivity contribution >= 4 is 17.3 Å². The molecule has 20 heavy (non-hydrogen) atoms. The summed E-state index contributed by atoms with van der Waals surface area (Å²) in [6.45, 7) is 0. The first-order chi connectivity index (χ1) is 9.74. The summed E-state index contributed by atoms with van der Waals surface area (Å²) in [5.41, 5.74) is 7.83. The van der Waals surface area contributed by atoms with E-state index >= 15 is 0 Å². The van der Waals surface area contributed by atoms with Crippen LogP contribution in [0.4, 0.5) is 5.69 Å². The van der Waals surface area contributed by atoms with Crippen molar-refractivity contribution < 1.29 is 4.52 Å². The van der Waals surface area contributed by atoms with E-state index in [9.17, 15) is 0 Å². The Morgan fingerprint density at radius 2 is 2.05 bits per heavy atom. The minimum Gasteiger partial charge on any atom is -0.398 e. The first kappa shape index (κ1) is 12.6. The molecule has 1 aromatic carbocycles. The number of nitrogen functional groups attached to an aromatic ring is 1. The molecule has 0 aliphatic rings. The zero-order chi connectivity index (χ0) is 13.9. The highest BCUT2D eigenvalue weighted by atomic mass is 35.5. The van der Waals surface area contributed by atoms with E-state index < -0.39 is 0 Å². The summed E-state index contributed by atoms with van der Waals surface area (Å²) in [6, 6.07) is 10.9. The fourth-order valence-electron chi connectivity index (χ4n) is 1.86. The summed E-state index contributed by atoms with van der Waals surface area (Å²) in [5.74, 6) is 0.858. The number of nitrogens with zero attached hydrogens (tertiary/aromatic N) is 3. The van der Waals surface area contributed by atoms with Crippen molar-refractivity contribution in [1.29, 1.82) is 0 Å². The molecule has 100 valence electrons. The molecule has 3 rings (SSSR count). The van der Waals surface area contributed by atoms with Gasteiger partial charge in [0.2, 0.25) is 0 Å². The van der Waals surface area contributed by atoms with E-state index in [4.69, 9.17) is 21.9 Å². The molecule has 5 nitrogen and oxygen atoms in total. The zero-order valence-electron chi connectivity index (χ0n) is 10.5. The smallest absolute Gasteiger partial charge is 0.261 e. The van der Waals surface area contributed by atoms with Gasteiger partial charge in [-0.25, -0.2) is 0 Å². The van der Waals surface area contributed by atoms with E-state index in [1.165, 1.54) is 0 Å². The van der Waals surface area contributed by atoms with Gasteiger partial charge in [0.15, 0.2) is 5.82 Å². The van der Waals surface area contributed by atoms with Crippen molar-refractivity contribution in [2.75, 3.05) is 5.73 Å². The number of benzene rings is 1. The second-order valence-corrected chi connectivity index (χ2v) is 4.62. The Morgan fingerprint density at radius 3 is 2.80 bits per heavy atom.